The van der Waals surface area contributed by atoms with E-state index in [-0.39, 0.29) is 0 Å². The fourth-order valence-corrected chi connectivity index (χ4v) is 2.76. The summed E-state index contributed by atoms with van der Waals surface area (Å²) in [6.07, 6.45) is 2.12. The number of halogens is 1. The molecule has 0 bridgehead atoms. The van der Waals surface area contributed by atoms with E-state index in [1.165, 1.54) is 0 Å². The molecule has 3 aromatic rings. The van der Waals surface area contributed by atoms with Crippen molar-refractivity contribution in [2.45, 2.75) is 19.4 Å². The van der Waals surface area contributed by atoms with Crippen LogP contribution in [0.4, 0.5) is 0 Å². The van der Waals surface area contributed by atoms with Gasteiger partial charge in [0.1, 0.15) is 12.4 Å². The van der Waals surface area contributed by atoms with E-state index >= 15 is 0 Å². The van der Waals surface area contributed by atoms with Crippen LogP contribution in [-0.4, -0.2) is 16.9 Å². The molecule has 3 rings (SSSR count). The van der Waals surface area contributed by atoms with Gasteiger partial charge >= 0.3 is 0 Å². The molecular weight excluding hydrogens is 366 g/mol. The van der Waals surface area contributed by atoms with Crippen molar-refractivity contribution in [2.24, 2.45) is 0 Å². The molecular formula is C20H20BrNO2. The molecule has 0 spiro atoms. The Hall–Kier alpha value is -2.07. The molecule has 0 N–H and O–H groups in total. The van der Waals surface area contributed by atoms with Crippen LogP contribution < -0.4 is 9.47 Å². The van der Waals surface area contributed by atoms with E-state index in [2.05, 4.69) is 33.0 Å². The summed E-state index contributed by atoms with van der Waals surface area (Å²) in [5.41, 5.74) is 2.04. The number of ether oxygens (including phenoxy) is 2. The summed E-state index contributed by atoms with van der Waals surface area (Å²) in [6, 6.07) is 20.0. The summed E-state index contributed by atoms with van der Waals surface area (Å²) >= 11 is 3.42. The number of unbranched alkanes of at least 4 members (excludes halogenated alkanes) is 1. The third kappa shape index (κ3) is 4.71. The van der Waals surface area contributed by atoms with Gasteiger partial charge in [0.05, 0.1) is 12.1 Å². The summed E-state index contributed by atoms with van der Waals surface area (Å²) in [5.74, 6) is 1.48. The average Bonchev–Trinajstić information content (AvgIpc) is 2.64. The number of rotatable bonds is 8. The van der Waals surface area contributed by atoms with Crippen molar-refractivity contribution in [2.75, 3.05) is 11.9 Å². The molecule has 1 aromatic heterocycles. The maximum Gasteiger partial charge on any atom is 0.213 e. The van der Waals surface area contributed by atoms with Gasteiger partial charge in [-0.05, 0) is 36.6 Å². The molecule has 0 aliphatic carbocycles. The Balaban J connectivity index is 1.67. The molecule has 24 heavy (non-hydrogen) atoms. The van der Waals surface area contributed by atoms with E-state index in [1.807, 2.05) is 48.5 Å². The molecule has 4 heteroatoms. The highest BCUT2D eigenvalue weighted by Gasteiger charge is 2.03. The van der Waals surface area contributed by atoms with Crippen LogP contribution in [0.3, 0.4) is 0 Å². The van der Waals surface area contributed by atoms with Crippen LogP contribution >= 0.6 is 15.9 Å². The molecule has 2 aromatic carbocycles. The van der Waals surface area contributed by atoms with E-state index in [9.17, 15) is 0 Å². The molecule has 1 heterocycles. The third-order valence-corrected chi connectivity index (χ3v) is 4.22. The number of pyridine rings is 1. The number of nitrogens with zero attached hydrogens (tertiary/aromatic N) is 1. The second-order valence-electron chi connectivity index (χ2n) is 5.52. The minimum atomic E-state index is 0.551. The molecule has 0 saturated carbocycles. The van der Waals surface area contributed by atoms with E-state index in [1.54, 1.807) is 0 Å². The number of aromatic nitrogens is 1. The van der Waals surface area contributed by atoms with Gasteiger partial charge in [-0.3, -0.25) is 0 Å². The summed E-state index contributed by atoms with van der Waals surface area (Å²) in [7, 11) is 0. The standard InChI is InChI=1S/C20H20BrNO2/c21-12-4-5-13-23-20-11-9-17-8-10-18(14-19(17)22-20)24-15-16-6-2-1-3-7-16/h1-3,6-11,14H,4-5,12-13,15H2. The molecule has 0 amide bonds. The lowest BCUT2D eigenvalue weighted by atomic mass is 10.2. The lowest BCUT2D eigenvalue weighted by Gasteiger charge is -2.09. The predicted molar refractivity (Wildman–Crippen MR) is 101 cm³/mol. The van der Waals surface area contributed by atoms with Gasteiger partial charge in [0, 0.05) is 22.8 Å². The first-order chi connectivity index (χ1) is 11.8. The molecule has 0 fully saturated rings. The Kier molecular flexibility index (Phi) is 6.07. The lowest BCUT2D eigenvalue weighted by molar-refractivity contribution is 0.299. The average molecular weight is 386 g/mol. The molecule has 124 valence electrons. The van der Waals surface area contributed by atoms with Crippen molar-refractivity contribution in [3.63, 3.8) is 0 Å². The normalized spacial score (nSPS) is 10.7. The second kappa shape index (κ2) is 8.69. The van der Waals surface area contributed by atoms with Gasteiger partial charge in [-0.2, -0.15) is 0 Å². The zero-order chi connectivity index (χ0) is 16.6. The van der Waals surface area contributed by atoms with Crippen molar-refractivity contribution in [3.05, 3.63) is 66.2 Å². The van der Waals surface area contributed by atoms with Crippen LogP contribution in [0, 0.1) is 0 Å². The van der Waals surface area contributed by atoms with Crippen LogP contribution in [0.5, 0.6) is 11.6 Å². The molecule has 0 aliphatic rings. The predicted octanol–water partition coefficient (Wildman–Crippen LogP) is 5.37. The van der Waals surface area contributed by atoms with Crippen molar-refractivity contribution in [3.8, 4) is 11.6 Å². The van der Waals surface area contributed by atoms with Gasteiger partial charge in [0.2, 0.25) is 5.88 Å². The minimum absolute atomic E-state index is 0.551. The maximum atomic E-state index is 5.87. The molecule has 3 nitrogen and oxygen atoms in total. The van der Waals surface area contributed by atoms with E-state index < -0.39 is 0 Å². The number of fused-ring (bicyclic) bond motifs is 1. The van der Waals surface area contributed by atoms with E-state index in [4.69, 9.17) is 9.47 Å². The molecule has 0 aliphatic heterocycles. The first-order valence-electron chi connectivity index (χ1n) is 8.11. The van der Waals surface area contributed by atoms with Crippen LogP contribution in [0.25, 0.3) is 10.9 Å². The van der Waals surface area contributed by atoms with Crippen LogP contribution in [0.1, 0.15) is 18.4 Å². The summed E-state index contributed by atoms with van der Waals surface area (Å²) in [4.78, 5) is 4.57. The topological polar surface area (TPSA) is 31.4 Å². The molecule has 0 saturated heterocycles. The Morgan fingerprint density at radius 1 is 0.875 bits per heavy atom. The third-order valence-electron chi connectivity index (χ3n) is 3.66. The zero-order valence-corrected chi connectivity index (χ0v) is 15.0. The highest BCUT2D eigenvalue weighted by molar-refractivity contribution is 9.09. The first-order valence-corrected chi connectivity index (χ1v) is 9.23. The quantitative estimate of drug-likeness (QED) is 0.385. The van der Waals surface area contributed by atoms with Crippen LogP contribution in [0.2, 0.25) is 0 Å². The number of benzene rings is 2. The second-order valence-corrected chi connectivity index (χ2v) is 6.32. The van der Waals surface area contributed by atoms with Gasteiger partial charge < -0.3 is 9.47 Å². The first kappa shape index (κ1) is 16.8. The monoisotopic (exact) mass is 385 g/mol. The van der Waals surface area contributed by atoms with E-state index in [0.29, 0.717) is 19.1 Å². The zero-order valence-electron chi connectivity index (χ0n) is 13.5. The summed E-state index contributed by atoms with van der Waals surface area (Å²) < 4.78 is 11.6. The summed E-state index contributed by atoms with van der Waals surface area (Å²) in [6.45, 7) is 1.24. The van der Waals surface area contributed by atoms with Crippen molar-refractivity contribution < 1.29 is 9.47 Å². The Morgan fingerprint density at radius 2 is 1.71 bits per heavy atom. The molecule has 0 unspecified atom stereocenters. The van der Waals surface area contributed by atoms with Gasteiger partial charge in [-0.1, -0.05) is 46.3 Å². The van der Waals surface area contributed by atoms with Crippen LogP contribution in [0.15, 0.2) is 60.7 Å². The van der Waals surface area contributed by atoms with Gasteiger partial charge in [-0.15, -0.1) is 0 Å². The van der Waals surface area contributed by atoms with Gasteiger partial charge in [0.15, 0.2) is 0 Å². The van der Waals surface area contributed by atoms with Crippen molar-refractivity contribution in [1.29, 1.82) is 0 Å². The number of alkyl halides is 1. The highest BCUT2D eigenvalue weighted by atomic mass is 79.9. The molecule has 0 radical (unpaired) electrons. The summed E-state index contributed by atoms with van der Waals surface area (Å²) in [5, 5.41) is 2.08. The van der Waals surface area contributed by atoms with Crippen molar-refractivity contribution >= 4 is 26.8 Å². The smallest absolute Gasteiger partial charge is 0.213 e. The van der Waals surface area contributed by atoms with Crippen molar-refractivity contribution in [1.82, 2.24) is 4.98 Å². The Bertz CT molecular complexity index is 777. The minimum Gasteiger partial charge on any atom is -0.489 e. The van der Waals surface area contributed by atoms with Gasteiger partial charge in [0.25, 0.3) is 0 Å². The fourth-order valence-electron chi connectivity index (χ4n) is 2.36. The van der Waals surface area contributed by atoms with Gasteiger partial charge in [-0.25, -0.2) is 4.98 Å². The number of hydrogen-bond acceptors (Lipinski definition) is 3. The van der Waals surface area contributed by atoms with E-state index in [0.717, 1.165) is 40.4 Å². The largest absolute Gasteiger partial charge is 0.489 e. The SMILES string of the molecule is BrCCCCOc1ccc2ccc(OCc3ccccc3)cc2n1. The maximum absolute atomic E-state index is 5.87. The molecule has 0 atom stereocenters. The highest BCUT2D eigenvalue weighted by Crippen LogP contribution is 2.22. The van der Waals surface area contributed by atoms with Crippen LogP contribution in [-0.2, 0) is 6.61 Å². The number of hydrogen-bond donors (Lipinski definition) is 0. The fraction of sp³-hybridized carbons (Fsp3) is 0.250. The Morgan fingerprint density at radius 3 is 2.54 bits per heavy atom. The lowest BCUT2D eigenvalue weighted by Crippen LogP contribution is -1.99. The Labute approximate surface area is 150 Å².